The molecule has 0 radical (unpaired) electrons. The minimum absolute atomic E-state index is 0.515. The van der Waals surface area contributed by atoms with Gasteiger partial charge in [-0.25, -0.2) is 4.99 Å². The van der Waals surface area contributed by atoms with E-state index in [2.05, 4.69) is 33.6 Å². The number of nitrogens with two attached hydrogens (primary N) is 1. The predicted octanol–water partition coefficient (Wildman–Crippen LogP) is 3.47. The second-order valence-corrected chi connectivity index (χ2v) is 5.13. The van der Waals surface area contributed by atoms with Gasteiger partial charge in [-0.3, -0.25) is 0 Å². The van der Waals surface area contributed by atoms with Gasteiger partial charge < -0.3 is 5.73 Å². The molecule has 0 aliphatic heterocycles. The first-order chi connectivity index (χ1) is 7.27. The molecule has 0 amide bonds. The second kappa shape index (κ2) is 4.96. The number of rotatable bonds is 2. The fraction of sp³-hybridized carbons (Fsp3) is 0.417. The Kier molecular flexibility index (Phi) is 3.61. The van der Waals surface area contributed by atoms with Crippen molar-refractivity contribution < 1.29 is 0 Å². The molecule has 1 aromatic rings. The topological polar surface area (TPSA) is 38.4 Å². The first-order valence-corrected chi connectivity index (χ1v) is 6.44. The van der Waals surface area contributed by atoms with Gasteiger partial charge in [0, 0.05) is 9.49 Å². The van der Waals surface area contributed by atoms with Crippen molar-refractivity contribution in [3.8, 4) is 0 Å². The van der Waals surface area contributed by atoms with Crippen LogP contribution in [0.4, 0.5) is 5.69 Å². The summed E-state index contributed by atoms with van der Waals surface area (Å²) in [4.78, 5) is 4.53. The lowest BCUT2D eigenvalue weighted by atomic mass is 10.1. The average molecular weight is 314 g/mol. The van der Waals surface area contributed by atoms with Crippen molar-refractivity contribution >= 4 is 34.1 Å². The highest BCUT2D eigenvalue weighted by molar-refractivity contribution is 14.1. The third-order valence-corrected chi connectivity index (χ3v) is 3.79. The van der Waals surface area contributed by atoms with Crippen LogP contribution in [0.25, 0.3) is 0 Å². The Hall–Kier alpha value is -0.580. The molecular formula is C12H15IN2. The van der Waals surface area contributed by atoms with E-state index in [0.717, 1.165) is 15.1 Å². The highest BCUT2D eigenvalue weighted by atomic mass is 127. The summed E-state index contributed by atoms with van der Waals surface area (Å²) in [5, 5.41) is 0. The number of halogens is 1. The molecule has 1 aromatic carbocycles. The molecule has 0 spiro atoms. The number of para-hydroxylation sites is 1. The van der Waals surface area contributed by atoms with Crippen molar-refractivity contribution in [1.82, 2.24) is 0 Å². The molecule has 80 valence electrons. The zero-order chi connectivity index (χ0) is 10.7. The van der Waals surface area contributed by atoms with E-state index in [1.54, 1.807) is 0 Å². The Labute approximate surface area is 104 Å². The normalized spacial score (nSPS) is 18.3. The smallest absolute Gasteiger partial charge is 0.103 e. The van der Waals surface area contributed by atoms with Gasteiger partial charge in [-0.2, -0.15) is 0 Å². The molecule has 2 rings (SSSR count). The number of aliphatic imine (C=N–C) groups is 1. The first kappa shape index (κ1) is 10.9. The van der Waals surface area contributed by atoms with Crippen LogP contribution in [0.2, 0.25) is 0 Å². The molecular weight excluding hydrogens is 299 g/mol. The Morgan fingerprint density at radius 2 is 1.93 bits per heavy atom. The molecule has 0 unspecified atom stereocenters. The largest absolute Gasteiger partial charge is 0.387 e. The number of nitrogens with zero attached hydrogens (tertiary/aromatic N) is 1. The van der Waals surface area contributed by atoms with Crippen LogP contribution < -0.4 is 5.73 Å². The van der Waals surface area contributed by atoms with Crippen LogP contribution in [-0.2, 0) is 0 Å². The monoisotopic (exact) mass is 314 g/mol. The quantitative estimate of drug-likeness (QED) is 0.507. The van der Waals surface area contributed by atoms with Gasteiger partial charge in [0.25, 0.3) is 0 Å². The minimum Gasteiger partial charge on any atom is -0.387 e. The maximum absolute atomic E-state index is 6.03. The first-order valence-electron chi connectivity index (χ1n) is 5.36. The number of hydrogen-bond donors (Lipinski definition) is 1. The molecule has 1 aliphatic carbocycles. The van der Waals surface area contributed by atoms with Crippen LogP contribution in [-0.4, -0.2) is 5.84 Å². The van der Waals surface area contributed by atoms with Gasteiger partial charge in [-0.15, -0.1) is 0 Å². The van der Waals surface area contributed by atoms with E-state index in [4.69, 9.17) is 5.73 Å². The van der Waals surface area contributed by atoms with E-state index >= 15 is 0 Å². The molecule has 15 heavy (non-hydrogen) atoms. The Balaban J connectivity index is 2.18. The molecule has 0 heterocycles. The summed E-state index contributed by atoms with van der Waals surface area (Å²) in [6, 6.07) is 8.10. The zero-order valence-corrected chi connectivity index (χ0v) is 10.8. The molecule has 3 heteroatoms. The van der Waals surface area contributed by atoms with E-state index in [-0.39, 0.29) is 0 Å². The SMILES string of the molecule is NC(=Nc1ccccc1I)C1CCCC1. The highest BCUT2D eigenvalue weighted by Gasteiger charge is 2.18. The van der Waals surface area contributed by atoms with Crippen LogP contribution in [0, 0.1) is 9.49 Å². The van der Waals surface area contributed by atoms with Crippen LogP contribution >= 0.6 is 22.6 Å². The summed E-state index contributed by atoms with van der Waals surface area (Å²) in [5.74, 6) is 1.33. The van der Waals surface area contributed by atoms with E-state index in [1.807, 2.05) is 18.2 Å². The van der Waals surface area contributed by atoms with Crippen LogP contribution in [0.5, 0.6) is 0 Å². The standard InChI is InChI=1S/C12H15IN2/c13-10-7-3-4-8-11(10)15-12(14)9-5-1-2-6-9/h3-4,7-9H,1-2,5-6H2,(H2,14,15). The summed E-state index contributed by atoms with van der Waals surface area (Å²) in [6.45, 7) is 0. The molecule has 2 N–H and O–H groups in total. The Morgan fingerprint density at radius 1 is 1.27 bits per heavy atom. The third-order valence-electron chi connectivity index (χ3n) is 2.88. The zero-order valence-electron chi connectivity index (χ0n) is 8.62. The van der Waals surface area contributed by atoms with Gasteiger partial charge in [-0.1, -0.05) is 25.0 Å². The van der Waals surface area contributed by atoms with Crippen molar-refractivity contribution in [3.05, 3.63) is 27.8 Å². The summed E-state index contributed by atoms with van der Waals surface area (Å²) in [6.07, 6.45) is 5.01. The molecule has 1 aliphatic rings. The number of hydrogen-bond acceptors (Lipinski definition) is 1. The molecule has 0 saturated heterocycles. The molecule has 0 aromatic heterocycles. The third kappa shape index (κ3) is 2.71. The maximum atomic E-state index is 6.03. The van der Waals surface area contributed by atoms with Gasteiger partial charge in [-0.05, 0) is 47.6 Å². The highest BCUT2D eigenvalue weighted by Crippen LogP contribution is 2.27. The number of benzene rings is 1. The lowest BCUT2D eigenvalue weighted by molar-refractivity contribution is 0.722. The van der Waals surface area contributed by atoms with Crippen LogP contribution in [0.3, 0.4) is 0 Å². The summed E-state index contributed by atoms with van der Waals surface area (Å²) in [5.41, 5.74) is 7.03. The fourth-order valence-electron chi connectivity index (χ4n) is 1.99. The summed E-state index contributed by atoms with van der Waals surface area (Å²) < 4.78 is 1.16. The van der Waals surface area contributed by atoms with E-state index in [9.17, 15) is 0 Å². The lowest BCUT2D eigenvalue weighted by Crippen LogP contribution is -2.20. The summed E-state index contributed by atoms with van der Waals surface area (Å²) in [7, 11) is 0. The van der Waals surface area contributed by atoms with Gasteiger partial charge in [0.1, 0.15) is 5.84 Å². The Bertz CT molecular complexity index is 368. The maximum Gasteiger partial charge on any atom is 0.103 e. The van der Waals surface area contributed by atoms with Crippen molar-refractivity contribution in [2.24, 2.45) is 16.6 Å². The minimum atomic E-state index is 0.515. The van der Waals surface area contributed by atoms with Gasteiger partial charge in [0.2, 0.25) is 0 Å². The van der Waals surface area contributed by atoms with Crippen LogP contribution in [0.1, 0.15) is 25.7 Å². The van der Waals surface area contributed by atoms with E-state index in [1.165, 1.54) is 25.7 Å². The molecule has 1 saturated carbocycles. The molecule has 0 bridgehead atoms. The summed E-state index contributed by atoms with van der Waals surface area (Å²) >= 11 is 2.29. The van der Waals surface area contributed by atoms with E-state index < -0.39 is 0 Å². The van der Waals surface area contributed by atoms with Gasteiger partial charge in [0.05, 0.1) is 5.69 Å². The molecule has 0 atom stereocenters. The van der Waals surface area contributed by atoms with Crippen molar-refractivity contribution in [2.75, 3.05) is 0 Å². The lowest BCUT2D eigenvalue weighted by Gasteiger charge is -2.08. The fourth-order valence-corrected chi connectivity index (χ4v) is 2.50. The number of amidine groups is 1. The van der Waals surface area contributed by atoms with Crippen molar-refractivity contribution in [2.45, 2.75) is 25.7 Å². The van der Waals surface area contributed by atoms with Crippen LogP contribution in [0.15, 0.2) is 29.3 Å². The molecule has 1 fully saturated rings. The second-order valence-electron chi connectivity index (χ2n) is 3.97. The predicted molar refractivity (Wildman–Crippen MR) is 72.4 cm³/mol. The Morgan fingerprint density at radius 3 is 2.60 bits per heavy atom. The van der Waals surface area contributed by atoms with Crippen molar-refractivity contribution in [3.63, 3.8) is 0 Å². The molecule has 2 nitrogen and oxygen atoms in total. The van der Waals surface area contributed by atoms with Gasteiger partial charge in [0.15, 0.2) is 0 Å². The average Bonchev–Trinajstić information content (AvgIpc) is 2.74. The van der Waals surface area contributed by atoms with E-state index in [0.29, 0.717) is 5.92 Å². The van der Waals surface area contributed by atoms with Crippen molar-refractivity contribution in [1.29, 1.82) is 0 Å². The van der Waals surface area contributed by atoms with Gasteiger partial charge >= 0.3 is 0 Å².